The summed E-state index contributed by atoms with van der Waals surface area (Å²) in [6.45, 7) is 3.47. The lowest BCUT2D eigenvalue weighted by Gasteiger charge is -2.37. The van der Waals surface area contributed by atoms with Gasteiger partial charge in [-0.3, -0.25) is 0 Å². The first-order valence-corrected chi connectivity index (χ1v) is 8.94. The Morgan fingerprint density at radius 3 is 2.48 bits per heavy atom. The van der Waals surface area contributed by atoms with Crippen molar-refractivity contribution in [1.29, 1.82) is 0 Å². The molecule has 0 spiro atoms. The molecule has 1 heterocycles. The molecule has 1 saturated heterocycles. The maximum Gasteiger partial charge on any atom is 0.416 e. The van der Waals surface area contributed by atoms with E-state index in [-0.39, 0.29) is 22.5 Å². The maximum absolute atomic E-state index is 12.9. The third-order valence-electron chi connectivity index (χ3n) is 4.19. The highest BCUT2D eigenvalue weighted by molar-refractivity contribution is 7.89. The van der Waals surface area contributed by atoms with E-state index in [0.717, 1.165) is 31.0 Å². The molecule has 0 saturated carbocycles. The van der Waals surface area contributed by atoms with Crippen LogP contribution in [0.15, 0.2) is 23.1 Å². The fourth-order valence-corrected chi connectivity index (χ4v) is 4.98. The molecule has 23 heavy (non-hydrogen) atoms. The van der Waals surface area contributed by atoms with E-state index in [1.54, 1.807) is 6.92 Å². The Labute approximate surface area is 134 Å². The average Bonchev–Trinajstić information content (AvgIpc) is 2.45. The molecule has 1 aliphatic rings. The maximum atomic E-state index is 12.9. The second-order valence-corrected chi connectivity index (χ2v) is 7.88. The molecule has 8 heteroatoms. The summed E-state index contributed by atoms with van der Waals surface area (Å²) in [6, 6.07) is 2.07. The summed E-state index contributed by atoms with van der Waals surface area (Å²) in [6.07, 6.45) is -2.21. The summed E-state index contributed by atoms with van der Waals surface area (Å²) in [5.41, 5.74) is 5.14. The molecule has 0 amide bonds. The molecule has 0 bridgehead atoms. The van der Waals surface area contributed by atoms with Gasteiger partial charge in [-0.05, 0) is 50.5 Å². The van der Waals surface area contributed by atoms with Crippen molar-refractivity contribution in [3.05, 3.63) is 29.3 Å². The molecule has 2 atom stereocenters. The third-order valence-corrected chi connectivity index (χ3v) is 6.28. The molecule has 1 aliphatic heterocycles. The van der Waals surface area contributed by atoms with Crippen LogP contribution in [0, 0.1) is 6.92 Å². The van der Waals surface area contributed by atoms with Gasteiger partial charge in [0, 0.05) is 18.6 Å². The third kappa shape index (κ3) is 3.70. The minimum Gasteiger partial charge on any atom is -0.326 e. The Kier molecular flexibility index (Phi) is 5.08. The number of sulfonamides is 1. The van der Waals surface area contributed by atoms with Gasteiger partial charge >= 0.3 is 6.18 Å². The first-order valence-electron chi connectivity index (χ1n) is 7.50. The van der Waals surface area contributed by atoms with Gasteiger partial charge in [-0.25, -0.2) is 8.42 Å². The highest BCUT2D eigenvalue weighted by atomic mass is 32.2. The van der Waals surface area contributed by atoms with E-state index in [1.807, 2.05) is 0 Å². The number of alkyl halides is 3. The molecule has 2 rings (SSSR count). The Hall–Kier alpha value is -1.12. The molecule has 1 aromatic carbocycles. The van der Waals surface area contributed by atoms with E-state index in [0.29, 0.717) is 13.0 Å². The number of hydrogen-bond donors (Lipinski definition) is 1. The molecule has 1 aromatic rings. The second-order valence-electron chi connectivity index (χ2n) is 6.02. The minimum atomic E-state index is -4.49. The second kappa shape index (κ2) is 6.41. The van der Waals surface area contributed by atoms with Crippen molar-refractivity contribution >= 4 is 10.0 Å². The van der Waals surface area contributed by atoms with Crippen molar-refractivity contribution < 1.29 is 21.6 Å². The van der Waals surface area contributed by atoms with Crippen LogP contribution in [0.25, 0.3) is 0 Å². The summed E-state index contributed by atoms with van der Waals surface area (Å²) in [5.74, 6) is 0. The number of hydrogen-bond acceptors (Lipinski definition) is 3. The van der Waals surface area contributed by atoms with E-state index in [1.165, 1.54) is 11.2 Å². The van der Waals surface area contributed by atoms with Crippen LogP contribution in [0.1, 0.15) is 37.3 Å². The highest BCUT2D eigenvalue weighted by Gasteiger charge is 2.37. The summed E-state index contributed by atoms with van der Waals surface area (Å²) < 4.78 is 65.3. The largest absolute Gasteiger partial charge is 0.416 e. The monoisotopic (exact) mass is 350 g/mol. The topological polar surface area (TPSA) is 63.4 Å². The molecule has 4 nitrogen and oxygen atoms in total. The lowest BCUT2D eigenvalue weighted by Crippen LogP contribution is -2.51. The van der Waals surface area contributed by atoms with Crippen molar-refractivity contribution in [3.8, 4) is 0 Å². The first-order chi connectivity index (χ1) is 10.5. The van der Waals surface area contributed by atoms with Gasteiger partial charge in [0.1, 0.15) is 0 Å². The standard InChI is InChI=1S/C15H21F3N2O2S/c1-10-9-12(15(16,17)18)6-7-14(10)23(21,22)20-8-4-3-5-13(20)11(2)19/h6-7,9,11,13H,3-5,8,19H2,1-2H3. The summed E-state index contributed by atoms with van der Waals surface area (Å²) in [5, 5.41) is 0. The van der Waals surface area contributed by atoms with E-state index in [9.17, 15) is 21.6 Å². The van der Waals surface area contributed by atoms with Crippen LogP contribution < -0.4 is 5.73 Å². The molecule has 1 fully saturated rings. The van der Waals surface area contributed by atoms with E-state index in [4.69, 9.17) is 5.73 Å². The number of piperidine rings is 1. The van der Waals surface area contributed by atoms with Gasteiger partial charge in [-0.1, -0.05) is 6.42 Å². The summed E-state index contributed by atoms with van der Waals surface area (Å²) >= 11 is 0. The predicted molar refractivity (Wildman–Crippen MR) is 81.4 cm³/mol. The SMILES string of the molecule is Cc1cc(C(F)(F)F)ccc1S(=O)(=O)N1CCCCC1C(C)N. The van der Waals surface area contributed by atoms with Crippen molar-refractivity contribution in [2.45, 2.75) is 56.3 Å². The van der Waals surface area contributed by atoms with Crippen molar-refractivity contribution in [3.63, 3.8) is 0 Å². The Morgan fingerprint density at radius 1 is 1.30 bits per heavy atom. The highest BCUT2D eigenvalue weighted by Crippen LogP contribution is 2.33. The van der Waals surface area contributed by atoms with E-state index in [2.05, 4.69) is 0 Å². The molecule has 0 radical (unpaired) electrons. The average molecular weight is 350 g/mol. The van der Waals surface area contributed by atoms with Gasteiger partial charge in [-0.2, -0.15) is 17.5 Å². The Bertz CT molecular complexity index is 672. The fraction of sp³-hybridized carbons (Fsp3) is 0.600. The molecular weight excluding hydrogens is 329 g/mol. The van der Waals surface area contributed by atoms with Gasteiger partial charge in [0.05, 0.1) is 10.5 Å². The molecule has 0 aliphatic carbocycles. The Morgan fingerprint density at radius 2 is 1.96 bits per heavy atom. The van der Waals surface area contributed by atoms with Crippen LogP contribution in [-0.4, -0.2) is 31.4 Å². The zero-order valence-electron chi connectivity index (χ0n) is 13.1. The smallest absolute Gasteiger partial charge is 0.326 e. The quantitative estimate of drug-likeness (QED) is 0.912. The lowest BCUT2D eigenvalue weighted by molar-refractivity contribution is -0.137. The molecule has 2 N–H and O–H groups in total. The molecule has 0 aromatic heterocycles. The van der Waals surface area contributed by atoms with Gasteiger partial charge in [-0.15, -0.1) is 0 Å². The van der Waals surface area contributed by atoms with Crippen LogP contribution >= 0.6 is 0 Å². The van der Waals surface area contributed by atoms with Gasteiger partial charge in [0.15, 0.2) is 0 Å². The minimum absolute atomic E-state index is 0.0851. The number of nitrogens with two attached hydrogens (primary N) is 1. The van der Waals surface area contributed by atoms with E-state index >= 15 is 0 Å². The number of benzene rings is 1. The zero-order chi connectivity index (χ0) is 17.4. The van der Waals surface area contributed by atoms with Gasteiger partial charge in [0.25, 0.3) is 0 Å². The fourth-order valence-electron chi connectivity index (χ4n) is 3.00. The summed E-state index contributed by atoms with van der Waals surface area (Å²) in [7, 11) is -3.86. The van der Waals surface area contributed by atoms with Crippen molar-refractivity contribution in [2.24, 2.45) is 5.73 Å². The lowest BCUT2D eigenvalue weighted by atomic mass is 10.00. The van der Waals surface area contributed by atoms with Crippen LogP contribution in [0.3, 0.4) is 0 Å². The van der Waals surface area contributed by atoms with Gasteiger partial charge in [0.2, 0.25) is 10.0 Å². The Balaban J connectivity index is 2.43. The van der Waals surface area contributed by atoms with Crippen LogP contribution in [0.4, 0.5) is 13.2 Å². The van der Waals surface area contributed by atoms with Gasteiger partial charge < -0.3 is 5.73 Å². The van der Waals surface area contributed by atoms with Crippen molar-refractivity contribution in [1.82, 2.24) is 4.31 Å². The molecule has 130 valence electrons. The van der Waals surface area contributed by atoms with Crippen LogP contribution in [0.2, 0.25) is 0 Å². The normalized spacial score (nSPS) is 22.1. The number of aryl methyl sites for hydroxylation is 1. The predicted octanol–water partition coefficient (Wildman–Crippen LogP) is 2.90. The molecule has 2 unspecified atom stereocenters. The van der Waals surface area contributed by atoms with Crippen LogP contribution in [0.5, 0.6) is 0 Å². The van der Waals surface area contributed by atoms with Crippen molar-refractivity contribution in [2.75, 3.05) is 6.54 Å². The zero-order valence-corrected chi connectivity index (χ0v) is 13.9. The first kappa shape index (κ1) is 18.2. The number of nitrogens with zero attached hydrogens (tertiary/aromatic N) is 1. The number of rotatable bonds is 3. The molecular formula is C15H21F3N2O2S. The number of halogens is 3. The van der Waals surface area contributed by atoms with E-state index < -0.39 is 21.8 Å². The van der Waals surface area contributed by atoms with Crippen LogP contribution in [-0.2, 0) is 16.2 Å². The summed E-state index contributed by atoms with van der Waals surface area (Å²) in [4.78, 5) is -0.0851.